The number of hydrogen-bond donors (Lipinski definition) is 0. The van der Waals surface area contributed by atoms with Crippen molar-refractivity contribution in [2.24, 2.45) is 0 Å². The molecule has 21 heavy (non-hydrogen) atoms. The summed E-state index contributed by atoms with van der Waals surface area (Å²) in [7, 11) is 0. The number of esters is 1. The Labute approximate surface area is 125 Å². The van der Waals surface area contributed by atoms with E-state index in [1.165, 1.54) is 10.9 Å². The summed E-state index contributed by atoms with van der Waals surface area (Å²) < 4.78 is 12.5. The van der Waals surface area contributed by atoms with E-state index < -0.39 is 0 Å². The minimum atomic E-state index is -0.227. The van der Waals surface area contributed by atoms with E-state index in [9.17, 15) is 4.79 Å². The molecule has 2 rings (SSSR count). The van der Waals surface area contributed by atoms with E-state index >= 15 is 0 Å². The second kappa shape index (κ2) is 7.84. The van der Waals surface area contributed by atoms with Gasteiger partial charge in [-0.15, -0.1) is 0 Å². The summed E-state index contributed by atoms with van der Waals surface area (Å²) in [6.45, 7) is 5.93. The lowest BCUT2D eigenvalue weighted by Crippen LogP contribution is -2.16. The maximum absolute atomic E-state index is 11.9. The molecule has 0 N–H and O–H groups in total. The Kier molecular flexibility index (Phi) is 5.81. The summed E-state index contributed by atoms with van der Waals surface area (Å²) in [5.74, 6) is -0.227. The zero-order valence-electron chi connectivity index (χ0n) is 12.8. The van der Waals surface area contributed by atoms with Gasteiger partial charge in [-0.25, -0.2) is 0 Å². The second-order valence-corrected chi connectivity index (χ2v) is 5.14. The third-order valence-corrected chi connectivity index (χ3v) is 3.42. The molecule has 0 saturated heterocycles. The van der Waals surface area contributed by atoms with Crippen molar-refractivity contribution in [1.82, 2.24) is 4.57 Å². The predicted octanol–water partition coefficient (Wildman–Crippen LogP) is 3.31. The molecule has 1 heterocycles. The van der Waals surface area contributed by atoms with Crippen molar-refractivity contribution in [2.75, 3.05) is 19.8 Å². The van der Waals surface area contributed by atoms with Gasteiger partial charge in [-0.2, -0.15) is 0 Å². The highest BCUT2D eigenvalue weighted by Gasteiger charge is 2.09. The first-order valence-electron chi connectivity index (χ1n) is 7.50. The zero-order chi connectivity index (χ0) is 15.1. The SMILES string of the molecule is CCCCOCCOC(=O)Cn1cc(C)c2ccccc21. The van der Waals surface area contributed by atoms with Gasteiger partial charge in [0.2, 0.25) is 0 Å². The fourth-order valence-electron chi connectivity index (χ4n) is 2.31. The molecular weight excluding hydrogens is 266 g/mol. The van der Waals surface area contributed by atoms with Crippen LogP contribution in [0.4, 0.5) is 0 Å². The molecule has 0 atom stereocenters. The molecular formula is C17H23NO3. The molecule has 0 saturated carbocycles. The predicted molar refractivity (Wildman–Crippen MR) is 83.4 cm³/mol. The Morgan fingerprint density at radius 3 is 2.81 bits per heavy atom. The van der Waals surface area contributed by atoms with E-state index in [0.717, 1.165) is 25.0 Å². The number of hydrogen-bond acceptors (Lipinski definition) is 3. The van der Waals surface area contributed by atoms with Gasteiger partial charge < -0.3 is 14.0 Å². The Bertz CT molecular complexity index is 589. The van der Waals surface area contributed by atoms with E-state index in [4.69, 9.17) is 9.47 Å². The van der Waals surface area contributed by atoms with Gasteiger partial charge in [0, 0.05) is 23.7 Å². The van der Waals surface area contributed by atoms with Gasteiger partial charge in [0.05, 0.1) is 6.61 Å². The summed E-state index contributed by atoms with van der Waals surface area (Å²) in [5, 5.41) is 1.17. The van der Waals surface area contributed by atoms with Crippen LogP contribution in [0.2, 0.25) is 0 Å². The lowest BCUT2D eigenvalue weighted by molar-refractivity contribution is -0.145. The largest absolute Gasteiger partial charge is 0.462 e. The van der Waals surface area contributed by atoms with Crippen molar-refractivity contribution in [3.63, 3.8) is 0 Å². The Hall–Kier alpha value is -1.81. The standard InChI is InChI=1S/C17H23NO3/c1-3-4-9-20-10-11-21-17(19)13-18-12-14(2)15-7-5-6-8-16(15)18/h5-8,12H,3-4,9-11,13H2,1-2H3. The molecule has 0 aliphatic rings. The van der Waals surface area contributed by atoms with Crippen LogP contribution in [0.3, 0.4) is 0 Å². The molecule has 0 aliphatic heterocycles. The molecule has 0 unspecified atom stereocenters. The maximum atomic E-state index is 11.9. The summed E-state index contributed by atoms with van der Waals surface area (Å²) in [6.07, 6.45) is 4.14. The van der Waals surface area contributed by atoms with Crippen LogP contribution in [0.25, 0.3) is 10.9 Å². The number of aromatic nitrogens is 1. The number of rotatable bonds is 8. The van der Waals surface area contributed by atoms with Gasteiger partial charge in [0.15, 0.2) is 0 Å². The first-order valence-corrected chi connectivity index (χ1v) is 7.50. The molecule has 1 aromatic carbocycles. The molecule has 0 amide bonds. The van der Waals surface area contributed by atoms with E-state index in [2.05, 4.69) is 13.0 Å². The molecule has 114 valence electrons. The van der Waals surface area contributed by atoms with Crippen LogP contribution in [-0.2, 0) is 20.8 Å². The molecule has 0 spiro atoms. The minimum absolute atomic E-state index is 0.227. The monoisotopic (exact) mass is 289 g/mol. The van der Waals surface area contributed by atoms with Crippen molar-refractivity contribution in [3.05, 3.63) is 36.0 Å². The number of unbranched alkanes of at least 4 members (excludes halogenated alkanes) is 1. The lowest BCUT2D eigenvalue weighted by Gasteiger charge is -2.07. The Morgan fingerprint density at radius 2 is 2.00 bits per heavy atom. The van der Waals surface area contributed by atoms with Crippen LogP contribution in [-0.4, -0.2) is 30.4 Å². The normalized spacial score (nSPS) is 11.0. The highest BCUT2D eigenvalue weighted by atomic mass is 16.6. The molecule has 2 aromatic rings. The second-order valence-electron chi connectivity index (χ2n) is 5.14. The molecule has 0 radical (unpaired) electrons. The topological polar surface area (TPSA) is 40.5 Å². The first kappa shape index (κ1) is 15.6. The first-order chi connectivity index (χ1) is 10.2. The highest BCUT2D eigenvalue weighted by Crippen LogP contribution is 2.20. The third kappa shape index (κ3) is 4.33. The van der Waals surface area contributed by atoms with E-state index in [-0.39, 0.29) is 12.5 Å². The van der Waals surface area contributed by atoms with Crippen molar-refractivity contribution in [2.45, 2.75) is 33.2 Å². The number of nitrogens with zero attached hydrogens (tertiary/aromatic N) is 1. The van der Waals surface area contributed by atoms with E-state index in [1.807, 2.05) is 35.9 Å². The summed E-state index contributed by atoms with van der Waals surface area (Å²) in [4.78, 5) is 11.9. The Balaban J connectivity index is 1.82. The van der Waals surface area contributed by atoms with Crippen LogP contribution >= 0.6 is 0 Å². The van der Waals surface area contributed by atoms with E-state index in [0.29, 0.717) is 13.2 Å². The van der Waals surface area contributed by atoms with Crippen LogP contribution in [0.15, 0.2) is 30.5 Å². The average molecular weight is 289 g/mol. The summed E-state index contributed by atoms with van der Waals surface area (Å²) in [6, 6.07) is 8.06. The van der Waals surface area contributed by atoms with Gasteiger partial charge in [-0.3, -0.25) is 4.79 Å². The quantitative estimate of drug-likeness (QED) is 0.553. The number of benzene rings is 1. The van der Waals surface area contributed by atoms with Crippen molar-refractivity contribution >= 4 is 16.9 Å². The third-order valence-electron chi connectivity index (χ3n) is 3.42. The molecule has 4 nitrogen and oxygen atoms in total. The number of aryl methyl sites for hydroxylation is 1. The summed E-state index contributed by atoms with van der Waals surface area (Å²) in [5.41, 5.74) is 2.23. The van der Waals surface area contributed by atoms with Gasteiger partial charge in [-0.1, -0.05) is 31.5 Å². The van der Waals surface area contributed by atoms with Gasteiger partial charge in [0.25, 0.3) is 0 Å². The summed E-state index contributed by atoms with van der Waals surface area (Å²) >= 11 is 0. The van der Waals surface area contributed by atoms with Gasteiger partial charge in [-0.05, 0) is 25.0 Å². The Morgan fingerprint density at radius 1 is 1.19 bits per heavy atom. The number of para-hydroxylation sites is 1. The number of carbonyl (C=O) groups is 1. The van der Waals surface area contributed by atoms with Crippen LogP contribution < -0.4 is 0 Å². The number of carbonyl (C=O) groups excluding carboxylic acids is 1. The minimum Gasteiger partial charge on any atom is -0.462 e. The molecule has 0 bridgehead atoms. The average Bonchev–Trinajstić information content (AvgIpc) is 2.80. The van der Waals surface area contributed by atoms with Crippen molar-refractivity contribution in [1.29, 1.82) is 0 Å². The lowest BCUT2D eigenvalue weighted by atomic mass is 10.2. The highest BCUT2D eigenvalue weighted by molar-refractivity contribution is 5.85. The van der Waals surface area contributed by atoms with E-state index in [1.54, 1.807) is 0 Å². The van der Waals surface area contributed by atoms with Crippen LogP contribution in [0, 0.1) is 6.92 Å². The smallest absolute Gasteiger partial charge is 0.326 e. The fourth-order valence-corrected chi connectivity index (χ4v) is 2.31. The molecule has 1 aromatic heterocycles. The zero-order valence-corrected chi connectivity index (χ0v) is 12.8. The number of ether oxygens (including phenoxy) is 2. The molecule has 0 fully saturated rings. The maximum Gasteiger partial charge on any atom is 0.326 e. The fraction of sp³-hybridized carbons (Fsp3) is 0.471. The number of fused-ring (bicyclic) bond motifs is 1. The van der Waals surface area contributed by atoms with Crippen molar-refractivity contribution < 1.29 is 14.3 Å². The molecule has 0 aliphatic carbocycles. The van der Waals surface area contributed by atoms with Crippen LogP contribution in [0.1, 0.15) is 25.3 Å². The van der Waals surface area contributed by atoms with Crippen molar-refractivity contribution in [3.8, 4) is 0 Å². The van der Waals surface area contributed by atoms with Gasteiger partial charge in [0.1, 0.15) is 13.2 Å². The van der Waals surface area contributed by atoms with Gasteiger partial charge >= 0.3 is 5.97 Å². The van der Waals surface area contributed by atoms with Crippen LogP contribution in [0.5, 0.6) is 0 Å². The molecule has 4 heteroatoms.